The van der Waals surface area contributed by atoms with Gasteiger partial charge in [0.05, 0.1) is 0 Å². The van der Waals surface area contributed by atoms with E-state index < -0.39 is 0 Å². The summed E-state index contributed by atoms with van der Waals surface area (Å²) in [4.78, 5) is 0. The van der Waals surface area contributed by atoms with E-state index in [9.17, 15) is 0 Å². The molecule has 0 aliphatic carbocycles. The van der Waals surface area contributed by atoms with Crippen LogP contribution in [0, 0.1) is 7.14 Å². The first-order chi connectivity index (χ1) is 7.66. The summed E-state index contributed by atoms with van der Waals surface area (Å²) in [5, 5.41) is 2.70. The Morgan fingerprint density at radius 2 is 1.25 bits per heavy atom. The standard InChI is InChI=1S/C13H9I2N/c1-16-12-4-2-8(14)6-10(12)11-7-9(15)3-5-13(11)16/h2-7H,1H3. The van der Waals surface area contributed by atoms with Crippen LogP contribution in [-0.2, 0) is 7.05 Å². The van der Waals surface area contributed by atoms with E-state index in [-0.39, 0.29) is 0 Å². The third kappa shape index (κ3) is 1.55. The van der Waals surface area contributed by atoms with E-state index in [1.54, 1.807) is 0 Å². The molecule has 3 aromatic rings. The quantitative estimate of drug-likeness (QED) is 0.459. The van der Waals surface area contributed by atoms with Gasteiger partial charge in [0.1, 0.15) is 0 Å². The molecule has 0 saturated carbocycles. The van der Waals surface area contributed by atoms with Crippen LogP contribution in [0.5, 0.6) is 0 Å². The van der Waals surface area contributed by atoms with Crippen LogP contribution in [0.15, 0.2) is 36.4 Å². The maximum Gasteiger partial charge on any atom is 0.0489 e. The van der Waals surface area contributed by atoms with Gasteiger partial charge < -0.3 is 4.57 Å². The van der Waals surface area contributed by atoms with E-state index in [0.29, 0.717) is 0 Å². The number of halogens is 2. The second kappa shape index (κ2) is 3.87. The summed E-state index contributed by atoms with van der Waals surface area (Å²) >= 11 is 4.73. The molecule has 1 aromatic heterocycles. The van der Waals surface area contributed by atoms with Crippen molar-refractivity contribution in [3.05, 3.63) is 43.5 Å². The molecule has 0 N–H and O–H groups in total. The molecule has 0 spiro atoms. The van der Waals surface area contributed by atoms with Crippen LogP contribution in [0.4, 0.5) is 0 Å². The predicted octanol–water partition coefficient (Wildman–Crippen LogP) is 4.54. The van der Waals surface area contributed by atoms with E-state index in [1.807, 2.05) is 0 Å². The van der Waals surface area contributed by atoms with Gasteiger partial charge in [-0.25, -0.2) is 0 Å². The van der Waals surface area contributed by atoms with E-state index in [1.165, 1.54) is 28.9 Å². The highest BCUT2D eigenvalue weighted by Crippen LogP contribution is 2.30. The molecule has 1 heterocycles. The molecule has 0 aliphatic heterocycles. The lowest BCUT2D eigenvalue weighted by molar-refractivity contribution is 1.01. The van der Waals surface area contributed by atoms with Gasteiger partial charge in [0.2, 0.25) is 0 Å². The summed E-state index contributed by atoms with van der Waals surface area (Å²) < 4.78 is 4.84. The molecule has 0 amide bonds. The van der Waals surface area contributed by atoms with Crippen molar-refractivity contribution in [3.63, 3.8) is 0 Å². The normalized spacial score (nSPS) is 11.4. The number of aryl methyl sites for hydroxylation is 1. The number of fused-ring (bicyclic) bond motifs is 3. The number of hydrogen-bond acceptors (Lipinski definition) is 0. The SMILES string of the molecule is Cn1c2ccc(I)cc2c2cc(I)ccc21. The molecule has 0 aliphatic rings. The van der Waals surface area contributed by atoms with Crippen LogP contribution in [0.2, 0.25) is 0 Å². The van der Waals surface area contributed by atoms with Gasteiger partial charge in [-0.2, -0.15) is 0 Å². The summed E-state index contributed by atoms with van der Waals surface area (Å²) in [5.41, 5.74) is 2.61. The lowest BCUT2D eigenvalue weighted by Gasteiger charge is -1.97. The molecule has 80 valence electrons. The third-order valence-corrected chi connectivity index (χ3v) is 4.27. The molecule has 1 nitrogen and oxygen atoms in total. The van der Waals surface area contributed by atoms with Crippen molar-refractivity contribution >= 4 is 67.0 Å². The van der Waals surface area contributed by atoms with Crippen molar-refractivity contribution in [2.24, 2.45) is 7.05 Å². The molecular formula is C13H9I2N. The molecule has 3 rings (SSSR count). The second-order valence-corrected chi connectivity index (χ2v) is 6.37. The summed E-state index contributed by atoms with van der Waals surface area (Å²) in [6, 6.07) is 13.2. The average Bonchev–Trinajstić information content (AvgIpc) is 2.52. The summed E-state index contributed by atoms with van der Waals surface area (Å²) in [7, 11) is 2.13. The molecule has 0 atom stereocenters. The molecule has 16 heavy (non-hydrogen) atoms. The average molecular weight is 433 g/mol. The Bertz CT molecular complexity index is 639. The van der Waals surface area contributed by atoms with Crippen LogP contribution in [0.1, 0.15) is 0 Å². The molecule has 2 aromatic carbocycles. The number of aromatic nitrogens is 1. The molecular weight excluding hydrogens is 424 g/mol. The number of hydrogen-bond donors (Lipinski definition) is 0. The molecule has 3 heteroatoms. The van der Waals surface area contributed by atoms with Crippen molar-refractivity contribution in [1.82, 2.24) is 4.57 Å². The van der Waals surface area contributed by atoms with Crippen LogP contribution in [0.25, 0.3) is 21.8 Å². The highest BCUT2D eigenvalue weighted by atomic mass is 127. The van der Waals surface area contributed by atoms with Gasteiger partial charge in [-0.1, -0.05) is 0 Å². The van der Waals surface area contributed by atoms with Gasteiger partial charge >= 0.3 is 0 Å². The second-order valence-electron chi connectivity index (χ2n) is 3.88. The van der Waals surface area contributed by atoms with Gasteiger partial charge in [0.15, 0.2) is 0 Å². The largest absolute Gasteiger partial charge is 0.344 e. The smallest absolute Gasteiger partial charge is 0.0489 e. The third-order valence-electron chi connectivity index (χ3n) is 2.93. The molecule has 0 radical (unpaired) electrons. The molecule has 0 unspecified atom stereocenters. The van der Waals surface area contributed by atoms with E-state index in [4.69, 9.17) is 0 Å². The minimum Gasteiger partial charge on any atom is -0.344 e. The fourth-order valence-corrected chi connectivity index (χ4v) is 3.15. The van der Waals surface area contributed by atoms with Gasteiger partial charge in [-0.05, 0) is 81.6 Å². The molecule has 0 bridgehead atoms. The van der Waals surface area contributed by atoms with E-state index in [2.05, 4.69) is 93.2 Å². The Labute approximate surface area is 121 Å². The number of rotatable bonds is 0. The first-order valence-corrected chi connectivity index (χ1v) is 7.16. The zero-order chi connectivity index (χ0) is 11.3. The van der Waals surface area contributed by atoms with E-state index >= 15 is 0 Å². The highest BCUT2D eigenvalue weighted by molar-refractivity contribution is 14.1. The van der Waals surface area contributed by atoms with Crippen molar-refractivity contribution in [2.45, 2.75) is 0 Å². The van der Waals surface area contributed by atoms with Crippen molar-refractivity contribution in [2.75, 3.05) is 0 Å². The van der Waals surface area contributed by atoms with Crippen LogP contribution in [-0.4, -0.2) is 4.57 Å². The Morgan fingerprint density at radius 3 is 1.69 bits per heavy atom. The summed E-state index contributed by atoms with van der Waals surface area (Å²) in [6.45, 7) is 0. The maximum atomic E-state index is 2.37. The fourth-order valence-electron chi connectivity index (χ4n) is 2.16. The van der Waals surface area contributed by atoms with Gasteiger partial charge in [-0.3, -0.25) is 0 Å². The molecule has 0 saturated heterocycles. The van der Waals surface area contributed by atoms with Crippen molar-refractivity contribution < 1.29 is 0 Å². The summed E-state index contributed by atoms with van der Waals surface area (Å²) in [6.07, 6.45) is 0. The lowest BCUT2D eigenvalue weighted by Crippen LogP contribution is -1.85. The van der Waals surface area contributed by atoms with Gasteiger partial charge in [0, 0.05) is 36.0 Å². The first-order valence-electron chi connectivity index (χ1n) is 5.00. The molecule has 0 fully saturated rings. The Kier molecular flexibility index (Phi) is 2.62. The zero-order valence-corrected chi connectivity index (χ0v) is 13.0. The maximum absolute atomic E-state index is 2.37. The van der Waals surface area contributed by atoms with Crippen LogP contribution >= 0.6 is 45.2 Å². The number of nitrogens with zero attached hydrogens (tertiary/aromatic N) is 1. The topological polar surface area (TPSA) is 4.93 Å². The minimum atomic E-state index is 1.29. The van der Waals surface area contributed by atoms with Crippen LogP contribution in [0.3, 0.4) is 0 Å². The first kappa shape index (κ1) is 10.8. The lowest BCUT2D eigenvalue weighted by atomic mass is 10.2. The number of benzene rings is 2. The van der Waals surface area contributed by atoms with Crippen molar-refractivity contribution in [1.29, 1.82) is 0 Å². The Hall–Kier alpha value is -0.300. The minimum absolute atomic E-state index is 1.29. The highest BCUT2D eigenvalue weighted by Gasteiger charge is 2.08. The Morgan fingerprint density at radius 1 is 0.812 bits per heavy atom. The summed E-state index contributed by atoms with van der Waals surface area (Å²) in [5.74, 6) is 0. The van der Waals surface area contributed by atoms with E-state index in [0.717, 1.165) is 0 Å². The Balaban J connectivity index is 2.60. The van der Waals surface area contributed by atoms with Gasteiger partial charge in [-0.15, -0.1) is 0 Å². The zero-order valence-electron chi connectivity index (χ0n) is 8.67. The van der Waals surface area contributed by atoms with Crippen molar-refractivity contribution in [3.8, 4) is 0 Å². The van der Waals surface area contributed by atoms with Crippen LogP contribution < -0.4 is 0 Å². The predicted molar refractivity (Wildman–Crippen MR) is 85.9 cm³/mol. The fraction of sp³-hybridized carbons (Fsp3) is 0.0769. The van der Waals surface area contributed by atoms with Gasteiger partial charge in [0.25, 0.3) is 0 Å². The monoisotopic (exact) mass is 433 g/mol.